The molecule has 4 heteroatoms. The maximum absolute atomic E-state index is 11.9. The molecule has 0 fully saturated rings. The quantitative estimate of drug-likeness (QED) is 0.900. The van der Waals surface area contributed by atoms with E-state index in [-0.39, 0.29) is 12.1 Å². The number of hydrogen-bond acceptors (Lipinski definition) is 3. The summed E-state index contributed by atoms with van der Waals surface area (Å²) >= 11 is 0. The van der Waals surface area contributed by atoms with E-state index in [2.05, 4.69) is 30.4 Å². The first-order valence-corrected chi connectivity index (χ1v) is 8.55. The van der Waals surface area contributed by atoms with E-state index in [1.807, 2.05) is 20.8 Å². The maximum Gasteiger partial charge on any atom is 0.410 e. The fraction of sp³-hybridized carbons (Fsp3) is 0.632. The van der Waals surface area contributed by atoms with Gasteiger partial charge in [0.25, 0.3) is 0 Å². The third-order valence-electron chi connectivity index (χ3n) is 4.23. The van der Waals surface area contributed by atoms with E-state index >= 15 is 0 Å². The Bertz CT molecular complexity index is 549. The summed E-state index contributed by atoms with van der Waals surface area (Å²) in [7, 11) is 1.77. The van der Waals surface area contributed by atoms with Crippen LogP contribution in [0, 0.1) is 0 Å². The van der Waals surface area contributed by atoms with Gasteiger partial charge in [-0.3, -0.25) is 0 Å². The molecule has 0 radical (unpaired) electrons. The lowest BCUT2D eigenvalue weighted by Gasteiger charge is -2.25. The Hall–Kier alpha value is -1.55. The summed E-state index contributed by atoms with van der Waals surface area (Å²) in [5, 5.41) is 3.49. The van der Waals surface area contributed by atoms with Crippen molar-refractivity contribution >= 4 is 6.09 Å². The second-order valence-corrected chi connectivity index (χ2v) is 7.46. The van der Waals surface area contributed by atoms with E-state index in [1.165, 1.54) is 36.0 Å². The van der Waals surface area contributed by atoms with E-state index in [9.17, 15) is 4.79 Å². The average Bonchev–Trinajstić information content (AvgIpc) is 2.92. The molecule has 0 saturated carbocycles. The van der Waals surface area contributed by atoms with Crippen molar-refractivity contribution in [1.82, 2.24) is 10.2 Å². The number of carbonyl (C=O) groups is 1. The smallest absolute Gasteiger partial charge is 0.410 e. The minimum absolute atomic E-state index is 0.274. The van der Waals surface area contributed by atoms with Crippen LogP contribution in [0.25, 0.3) is 0 Å². The fourth-order valence-corrected chi connectivity index (χ4v) is 2.86. The number of rotatable bonds is 5. The molecule has 1 aromatic rings. The Morgan fingerprint density at radius 1 is 1.30 bits per heavy atom. The number of ether oxygens (including phenoxy) is 1. The van der Waals surface area contributed by atoms with Gasteiger partial charge in [-0.15, -0.1) is 0 Å². The highest BCUT2D eigenvalue weighted by atomic mass is 16.6. The number of amides is 1. The van der Waals surface area contributed by atoms with Crippen LogP contribution in [0.5, 0.6) is 0 Å². The van der Waals surface area contributed by atoms with Crippen molar-refractivity contribution in [3.05, 3.63) is 34.9 Å². The molecule has 1 aromatic carbocycles. The number of hydrogen-bond donors (Lipinski definition) is 1. The van der Waals surface area contributed by atoms with Gasteiger partial charge in [0.05, 0.1) is 0 Å². The maximum atomic E-state index is 11.9. The van der Waals surface area contributed by atoms with Crippen molar-refractivity contribution in [2.75, 3.05) is 20.1 Å². The fourth-order valence-electron chi connectivity index (χ4n) is 2.86. The second kappa shape index (κ2) is 7.35. The number of likely N-dealkylation sites (N-methyl/N-ethyl adjacent to an activating group) is 1. The molecule has 1 amide bonds. The minimum atomic E-state index is -0.448. The van der Waals surface area contributed by atoms with Crippen LogP contribution in [0.15, 0.2) is 18.2 Å². The number of benzene rings is 1. The van der Waals surface area contributed by atoms with Crippen LogP contribution in [-0.4, -0.2) is 36.7 Å². The molecule has 1 N–H and O–H groups in total. The molecule has 0 aliphatic heterocycles. The zero-order valence-corrected chi connectivity index (χ0v) is 15.1. The van der Waals surface area contributed by atoms with Crippen LogP contribution in [0.1, 0.15) is 56.8 Å². The summed E-state index contributed by atoms with van der Waals surface area (Å²) < 4.78 is 5.35. The summed E-state index contributed by atoms with van der Waals surface area (Å²) in [6, 6.07) is 7.10. The van der Waals surface area contributed by atoms with Gasteiger partial charge in [0, 0.05) is 26.2 Å². The lowest BCUT2D eigenvalue weighted by Crippen LogP contribution is -2.38. The van der Waals surface area contributed by atoms with Gasteiger partial charge in [0.2, 0.25) is 0 Å². The number of nitrogens with one attached hydrogen (secondary N) is 1. The van der Waals surface area contributed by atoms with E-state index in [4.69, 9.17) is 4.74 Å². The largest absolute Gasteiger partial charge is 0.444 e. The molecule has 1 unspecified atom stereocenters. The SMILES string of the molecule is CC(NCCN(C)C(=O)OC(C)(C)C)c1ccc2c(c1)CCC2. The first kappa shape index (κ1) is 17.8. The Balaban J connectivity index is 1.78. The van der Waals surface area contributed by atoms with Gasteiger partial charge in [-0.05, 0) is 63.6 Å². The first-order chi connectivity index (χ1) is 10.8. The molecule has 23 heavy (non-hydrogen) atoms. The third kappa shape index (κ3) is 5.24. The monoisotopic (exact) mass is 318 g/mol. The topological polar surface area (TPSA) is 41.6 Å². The summed E-state index contributed by atoms with van der Waals surface area (Å²) in [4.78, 5) is 13.5. The lowest BCUT2D eigenvalue weighted by molar-refractivity contribution is 0.0299. The summed E-state index contributed by atoms with van der Waals surface area (Å²) in [5.74, 6) is 0. The summed E-state index contributed by atoms with van der Waals surface area (Å²) in [6.45, 7) is 9.19. The van der Waals surface area contributed by atoms with E-state index < -0.39 is 5.60 Å². The molecule has 0 bridgehead atoms. The third-order valence-corrected chi connectivity index (χ3v) is 4.23. The molecular weight excluding hydrogens is 288 g/mol. The predicted octanol–water partition coefficient (Wildman–Crippen LogP) is 3.69. The van der Waals surface area contributed by atoms with E-state index in [1.54, 1.807) is 11.9 Å². The normalized spacial score (nSPS) is 15.2. The zero-order valence-electron chi connectivity index (χ0n) is 15.1. The molecule has 2 rings (SSSR count). The van der Waals surface area contributed by atoms with Gasteiger partial charge < -0.3 is 15.0 Å². The summed E-state index contributed by atoms with van der Waals surface area (Å²) in [5.41, 5.74) is 3.88. The highest BCUT2D eigenvalue weighted by molar-refractivity contribution is 5.67. The summed E-state index contributed by atoms with van der Waals surface area (Å²) in [6.07, 6.45) is 3.43. The van der Waals surface area contributed by atoms with E-state index in [0.717, 1.165) is 6.54 Å². The predicted molar refractivity (Wildman–Crippen MR) is 93.7 cm³/mol. The lowest BCUT2D eigenvalue weighted by atomic mass is 10.0. The van der Waals surface area contributed by atoms with E-state index in [0.29, 0.717) is 6.54 Å². The highest BCUT2D eigenvalue weighted by Crippen LogP contribution is 2.25. The van der Waals surface area contributed by atoms with Crippen LogP contribution >= 0.6 is 0 Å². The molecule has 1 aliphatic carbocycles. The minimum Gasteiger partial charge on any atom is -0.444 e. The van der Waals surface area contributed by atoms with Crippen LogP contribution < -0.4 is 5.32 Å². The Morgan fingerprint density at radius 2 is 2.00 bits per heavy atom. The zero-order chi connectivity index (χ0) is 17.0. The number of carbonyl (C=O) groups excluding carboxylic acids is 1. The molecular formula is C19H30N2O2. The molecule has 0 spiro atoms. The second-order valence-electron chi connectivity index (χ2n) is 7.46. The van der Waals surface area contributed by atoms with Crippen molar-refractivity contribution in [3.63, 3.8) is 0 Å². The van der Waals surface area contributed by atoms with Crippen molar-refractivity contribution in [3.8, 4) is 0 Å². The molecule has 0 heterocycles. The van der Waals surface area contributed by atoms with Crippen LogP contribution in [-0.2, 0) is 17.6 Å². The molecule has 4 nitrogen and oxygen atoms in total. The standard InChI is InChI=1S/C19H30N2O2/c1-14(16-10-9-15-7-6-8-17(15)13-16)20-11-12-21(5)18(22)23-19(2,3)4/h9-10,13-14,20H,6-8,11-12H2,1-5H3. The van der Waals surface area contributed by atoms with Gasteiger partial charge in [-0.1, -0.05) is 18.2 Å². The Kier molecular flexibility index (Phi) is 5.69. The molecule has 1 atom stereocenters. The van der Waals surface area contributed by atoms with Crippen molar-refractivity contribution < 1.29 is 9.53 Å². The highest BCUT2D eigenvalue weighted by Gasteiger charge is 2.19. The average molecular weight is 318 g/mol. The molecule has 0 saturated heterocycles. The van der Waals surface area contributed by atoms with Gasteiger partial charge in [0.1, 0.15) is 5.60 Å². The van der Waals surface area contributed by atoms with Crippen LogP contribution in [0.2, 0.25) is 0 Å². The van der Waals surface area contributed by atoms with Crippen LogP contribution in [0.3, 0.4) is 0 Å². The molecule has 1 aliphatic rings. The molecule has 128 valence electrons. The number of fused-ring (bicyclic) bond motifs is 1. The van der Waals surface area contributed by atoms with Crippen molar-refractivity contribution in [1.29, 1.82) is 0 Å². The Labute approximate surface area is 140 Å². The van der Waals surface area contributed by atoms with Crippen LogP contribution in [0.4, 0.5) is 4.79 Å². The van der Waals surface area contributed by atoms with Gasteiger partial charge >= 0.3 is 6.09 Å². The van der Waals surface area contributed by atoms with Gasteiger partial charge in [0.15, 0.2) is 0 Å². The number of aryl methyl sites for hydroxylation is 2. The molecule has 0 aromatic heterocycles. The number of nitrogens with zero attached hydrogens (tertiary/aromatic N) is 1. The van der Waals surface area contributed by atoms with Crippen molar-refractivity contribution in [2.24, 2.45) is 0 Å². The van der Waals surface area contributed by atoms with Gasteiger partial charge in [-0.25, -0.2) is 4.79 Å². The van der Waals surface area contributed by atoms with Gasteiger partial charge in [-0.2, -0.15) is 0 Å². The Morgan fingerprint density at radius 3 is 2.70 bits per heavy atom. The van der Waals surface area contributed by atoms with Crippen molar-refractivity contribution in [2.45, 2.75) is 58.6 Å². The first-order valence-electron chi connectivity index (χ1n) is 8.55.